The normalized spacial score (nSPS) is 10.2. The lowest BCUT2D eigenvalue weighted by molar-refractivity contribution is 0.103. The van der Waals surface area contributed by atoms with Crippen LogP contribution in [0.2, 0.25) is 5.02 Å². The molecule has 18 heavy (non-hydrogen) atoms. The van der Waals surface area contributed by atoms with E-state index in [0.29, 0.717) is 21.9 Å². The number of aryl methyl sites for hydroxylation is 1. The lowest BCUT2D eigenvalue weighted by Crippen LogP contribution is -2.04. The topological polar surface area (TPSA) is 26.3 Å². The molecule has 0 atom stereocenters. The average molecular weight is 261 g/mol. The van der Waals surface area contributed by atoms with Gasteiger partial charge in [0.1, 0.15) is 5.75 Å². The van der Waals surface area contributed by atoms with E-state index in [2.05, 4.69) is 0 Å². The van der Waals surface area contributed by atoms with Crippen LogP contribution in [0.15, 0.2) is 42.5 Å². The molecule has 92 valence electrons. The van der Waals surface area contributed by atoms with Crippen LogP contribution in [0.3, 0.4) is 0 Å². The third-order valence-electron chi connectivity index (χ3n) is 2.69. The van der Waals surface area contributed by atoms with Crippen molar-refractivity contribution in [2.45, 2.75) is 6.92 Å². The summed E-state index contributed by atoms with van der Waals surface area (Å²) in [5.41, 5.74) is 2.13. The van der Waals surface area contributed by atoms with E-state index in [9.17, 15) is 4.79 Å². The summed E-state index contributed by atoms with van der Waals surface area (Å²) in [4.78, 5) is 12.4. The minimum Gasteiger partial charge on any atom is -0.496 e. The van der Waals surface area contributed by atoms with Crippen LogP contribution in [0.25, 0.3) is 0 Å². The first-order valence-electron chi connectivity index (χ1n) is 5.56. The van der Waals surface area contributed by atoms with Gasteiger partial charge in [-0.1, -0.05) is 35.4 Å². The fraction of sp³-hybridized carbons (Fsp3) is 0.133. The molecule has 0 aliphatic carbocycles. The first-order valence-corrected chi connectivity index (χ1v) is 5.94. The van der Waals surface area contributed by atoms with Crippen molar-refractivity contribution in [3.63, 3.8) is 0 Å². The zero-order valence-electron chi connectivity index (χ0n) is 10.2. The Hall–Kier alpha value is -1.80. The highest BCUT2D eigenvalue weighted by molar-refractivity contribution is 6.31. The van der Waals surface area contributed by atoms with E-state index in [0.717, 1.165) is 5.56 Å². The number of methoxy groups -OCH3 is 1. The summed E-state index contributed by atoms with van der Waals surface area (Å²) < 4.78 is 5.22. The predicted molar refractivity (Wildman–Crippen MR) is 72.6 cm³/mol. The highest BCUT2D eigenvalue weighted by Gasteiger charge is 2.14. The van der Waals surface area contributed by atoms with Gasteiger partial charge in [-0.25, -0.2) is 0 Å². The summed E-state index contributed by atoms with van der Waals surface area (Å²) in [5, 5.41) is 0.549. The van der Waals surface area contributed by atoms with Gasteiger partial charge in [0.05, 0.1) is 12.7 Å². The molecule has 2 nitrogen and oxygen atoms in total. The summed E-state index contributed by atoms with van der Waals surface area (Å²) in [7, 11) is 1.55. The van der Waals surface area contributed by atoms with Gasteiger partial charge >= 0.3 is 0 Å². The number of carbonyl (C=O) groups excluding carboxylic acids is 1. The van der Waals surface area contributed by atoms with Crippen LogP contribution in [0.1, 0.15) is 21.5 Å². The Morgan fingerprint density at radius 3 is 2.61 bits per heavy atom. The molecule has 0 aliphatic heterocycles. The Balaban J connectivity index is 2.48. The predicted octanol–water partition coefficient (Wildman–Crippen LogP) is 3.89. The van der Waals surface area contributed by atoms with Crippen molar-refractivity contribution < 1.29 is 9.53 Å². The number of ketones is 1. The molecular weight excluding hydrogens is 248 g/mol. The number of carbonyl (C=O) groups is 1. The quantitative estimate of drug-likeness (QED) is 0.783. The number of ether oxygens (including phenoxy) is 1. The second-order valence-corrected chi connectivity index (χ2v) is 4.48. The molecule has 0 saturated carbocycles. The SMILES string of the molecule is COc1ccc(C)cc1C(=O)c1cccc(Cl)c1. The van der Waals surface area contributed by atoms with Crippen LogP contribution >= 0.6 is 11.6 Å². The maximum absolute atomic E-state index is 12.4. The highest BCUT2D eigenvalue weighted by Crippen LogP contribution is 2.23. The van der Waals surface area contributed by atoms with Crippen molar-refractivity contribution in [3.8, 4) is 5.75 Å². The molecule has 0 bridgehead atoms. The van der Waals surface area contributed by atoms with E-state index >= 15 is 0 Å². The van der Waals surface area contributed by atoms with Gasteiger partial charge in [-0.2, -0.15) is 0 Å². The summed E-state index contributed by atoms with van der Waals surface area (Å²) in [6.07, 6.45) is 0. The van der Waals surface area contributed by atoms with Crippen LogP contribution in [0.4, 0.5) is 0 Å². The largest absolute Gasteiger partial charge is 0.496 e. The van der Waals surface area contributed by atoms with E-state index < -0.39 is 0 Å². The summed E-state index contributed by atoms with van der Waals surface area (Å²) in [6, 6.07) is 12.4. The number of benzene rings is 2. The molecule has 2 aromatic rings. The summed E-state index contributed by atoms with van der Waals surface area (Å²) in [5.74, 6) is 0.489. The van der Waals surface area contributed by atoms with Crippen LogP contribution in [-0.4, -0.2) is 12.9 Å². The van der Waals surface area contributed by atoms with Crippen molar-refractivity contribution in [2.24, 2.45) is 0 Å². The van der Waals surface area contributed by atoms with Gasteiger partial charge in [-0.15, -0.1) is 0 Å². The third-order valence-corrected chi connectivity index (χ3v) is 2.92. The first-order chi connectivity index (χ1) is 8.61. The van der Waals surface area contributed by atoms with E-state index in [1.54, 1.807) is 37.4 Å². The lowest BCUT2D eigenvalue weighted by atomic mass is 10.0. The Bertz CT molecular complexity index is 591. The molecule has 0 aromatic heterocycles. The minimum absolute atomic E-state index is 0.0851. The molecule has 0 amide bonds. The highest BCUT2D eigenvalue weighted by atomic mass is 35.5. The number of rotatable bonds is 3. The van der Waals surface area contributed by atoms with E-state index in [-0.39, 0.29) is 5.78 Å². The van der Waals surface area contributed by atoms with Gasteiger partial charge in [-0.05, 0) is 31.2 Å². The molecule has 0 saturated heterocycles. The molecule has 0 radical (unpaired) electrons. The number of hydrogen-bond donors (Lipinski definition) is 0. The zero-order chi connectivity index (χ0) is 13.1. The monoisotopic (exact) mass is 260 g/mol. The van der Waals surface area contributed by atoms with Crippen LogP contribution in [0, 0.1) is 6.92 Å². The third kappa shape index (κ3) is 2.54. The molecule has 0 fully saturated rings. The standard InChI is InChI=1S/C15H13ClO2/c1-10-6-7-14(18-2)13(8-10)15(17)11-4-3-5-12(16)9-11/h3-9H,1-2H3. The summed E-state index contributed by atoms with van der Waals surface area (Å²) in [6.45, 7) is 1.94. The average Bonchev–Trinajstić information content (AvgIpc) is 2.38. The second-order valence-electron chi connectivity index (χ2n) is 4.04. The molecule has 0 N–H and O–H groups in total. The molecule has 2 rings (SSSR count). The van der Waals surface area contributed by atoms with Crippen LogP contribution in [-0.2, 0) is 0 Å². The summed E-state index contributed by atoms with van der Waals surface area (Å²) >= 11 is 5.90. The van der Waals surface area contributed by atoms with Gasteiger partial charge < -0.3 is 4.74 Å². The molecule has 0 unspecified atom stereocenters. The first kappa shape index (κ1) is 12.7. The maximum Gasteiger partial charge on any atom is 0.196 e. The zero-order valence-corrected chi connectivity index (χ0v) is 11.0. The van der Waals surface area contributed by atoms with Gasteiger partial charge in [0.15, 0.2) is 5.78 Å². The Morgan fingerprint density at radius 2 is 1.94 bits per heavy atom. The van der Waals surface area contributed by atoms with E-state index in [4.69, 9.17) is 16.3 Å². The minimum atomic E-state index is -0.0851. The Morgan fingerprint density at radius 1 is 1.17 bits per heavy atom. The van der Waals surface area contributed by atoms with Crippen molar-refractivity contribution >= 4 is 17.4 Å². The van der Waals surface area contributed by atoms with Crippen molar-refractivity contribution in [1.82, 2.24) is 0 Å². The number of hydrogen-bond acceptors (Lipinski definition) is 2. The molecule has 0 aliphatic rings. The molecular formula is C15H13ClO2. The van der Waals surface area contributed by atoms with Crippen LogP contribution in [0.5, 0.6) is 5.75 Å². The van der Waals surface area contributed by atoms with Crippen molar-refractivity contribution in [2.75, 3.05) is 7.11 Å². The smallest absolute Gasteiger partial charge is 0.196 e. The Kier molecular flexibility index (Phi) is 3.68. The van der Waals surface area contributed by atoms with Gasteiger partial charge in [0.25, 0.3) is 0 Å². The van der Waals surface area contributed by atoms with Crippen molar-refractivity contribution in [1.29, 1.82) is 0 Å². The maximum atomic E-state index is 12.4. The fourth-order valence-corrected chi connectivity index (χ4v) is 1.97. The molecule has 0 heterocycles. The van der Waals surface area contributed by atoms with Crippen LogP contribution < -0.4 is 4.74 Å². The molecule has 2 aromatic carbocycles. The number of halogens is 1. The second kappa shape index (κ2) is 5.23. The van der Waals surface area contributed by atoms with Gasteiger partial charge in [0.2, 0.25) is 0 Å². The molecule has 3 heteroatoms. The van der Waals surface area contributed by atoms with Gasteiger partial charge in [-0.3, -0.25) is 4.79 Å². The van der Waals surface area contributed by atoms with Crippen molar-refractivity contribution in [3.05, 3.63) is 64.2 Å². The Labute approximate surface area is 111 Å². The van der Waals surface area contributed by atoms with Gasteiger partial charge in [0, 0.05) is 10.6 Å². The fourth-order valence-electron chi connectivity index (χ4n) is 1.78. The lowest BCUT2D eigenvalue weighted by Gasteiger charge is -2.08. The molecule has 0 spiro atoms. The van der Waals surface area contributed by atoms with E-state index in [1.165, 1.54) is 0 Å². The van der Waals surface area contributed by atoms with E-state index in [1.807, 2.05) is 19.1 Å².